The Hall–Kier alpha value is -8.15. The summed E-state index contributed by atoms with van der Waals surface area (Å²) in [5.41, 5.74) is 7.53. The van der Waals surface area contributed by atoms with Crippen molar-refractivity contribution in [3.05, 3.63) is 200 Å². The third kappa shape index (κ3) is 5.75. The van der Waals surface area contributed by atoms with Gasteiger partial charge in [0.1, 0.15) is 22.3 Å². The predicted molar refractivity (Wildman–Crippen MR) is 245 cm³/mol. The van der Waals surface area contributed by atoms with Gasteiger partial charge in [-0.2, -0.15) is 0 Å². The minimum absolute atomic E-state index is 0.0147. The van der Waals surface area contributed by atoms with Crippen molar-refractivity contribution < 1.29 is 21.2 Å². The fourth-order valence-corrected chi connectivity index (χ4v) is 7.92. The van der Waals surface area contributed by atoms with Gasteiger partial charge in [-0.1, -0.05) is 152 Å². The zero-order valence-corrected chi connectivity index (χ0v) is 31.5. The minimum atomic E-state index is -0.558. The molecular formula is C55H33N3O2. The first-order valence-corrected chi connectivity index (χ1v) is 19.4. The molecule has 0 radical (unpaired) electrons. The average Bonchev–Trinajstić information content (AvgIpc) is 3.98. The van der Waals surface area contributed by atoms with Crippen LogP contribution in [0.1, 0.15) is 12.3 Å². The molecule has 3 heterocycles. The molecule has 0 N–H and O–H groups in total. The van der Waals surface area contributed by atoms with Crippen LogP contribution in [0.3, 0.4) is 0 Å². The summed E-state index contributed by atoms with van der Waals surface area (Å²) >= 11 is 0. The molecule has 0 spiro atoms. The van der Waals surface area contributed by atoms with Crippen molar-refractivity contribution in [3.63, 3.8) is 0 Å². The molecule has 60 heavy (non-hydrogen) atoms. The van der Waals surface area contributed by atoms with Crippen molar-refractivity contribution in [1.29, 1.82) is 0 Å². The quantitative estimate of drug-likeness (QED) is 0.168. The van der Waals surface area contributed by atoms with E-state index in [1.54, 1.807) is 18.2 Å². The lowest BCUT2D eigenvalue weighted by molar-refractivity contribution is 0.669. The highest BCUT2D eigenvalue weighted by molar-refractivity contribution is 6.16. The minimum Gasteiger partial charge on any atom is -0.456 e. The van der Waals surface area contributed by atoms with Gasteiger partial charge in [0.05, 0.1) is 12.3 Å². The van der Waals surface area contributed by atoms with Gasteiger partial charge in [0.15, 0.2) is 17.5 Å². The Labute approximate surface area is 357 Å². The molecule has 280 valence electrons. The van der Waals surface area contributed by atoms with Gasteiger partial charge in [0.2, 0.25) is 0 Å². The van der Waals surface area contributed by atoms with Crippen LogP contribution in [0.2, 0.25) is 0 Å². The van der Waals surface area contributed by atoms with Crippen molar-refractivity contribution in [1.82, 2.24) is 15.0 Å². The van der Waals surface area contributed by atoms with E-state index in [1.807, 2.05) is 109 Å². The lowest BCUT2D eigenvalue weighted by Crippen LogP contribution is -2.00. The van der Waals surface area contributed by atoms with Crippen LogP contribution in [0.15, 0.2) is 209 Å². The fraction of sp³-hybridized carbons (Fsp3) is 0. The molecule has 0 aliphatic rings. The van der Waals surface area contributed by atoms with Crippen LogP contribution in [-0.4, -0.2) is 15.0 Å². The number of furan rings is 2. The summed E-state index contributed by atoms with van der Waals surface area (Å²) in [6.45, 7) is 0. The summed E-state index contributed by atoms with van der Waals surface area (Å²) in [4.78, 5) is 15.1. The van der Waals surface area contributed by atoms with E-state index >= 15 is 0 Å². The fourth-order valence-electron chi connectivity index (χ4n) is 7.92. The molecular weight excluding hydrogens is 735 g/mol. The van der Waals surface area contributed by atoms with Gasteiger partial charge in [-0.3, -0.25) is 0 Å². The van der Waals surface area contributed by atoms with E-state index in [1.165, 1.54) is 0 Å². The number of aromatic nitrogens is 3. The van der Waals surface area contributed by atoms with E-state index in [0.717, 1.165) is 44.2 Å². The van der Waals surface area contributed by atoms with Gasteiger partial charge in [-0.25, -0.2) is 15.0 Å². The number of rotatable bonds is 6. The monoisotopic (exact) mass is 776 g/mol. The van der Waals surface area contributed by atoms with Gasteiger partial charge < -0.3 is 8.83 Å². The maximum atomic E-state index is 9.58. The van der Waals surface area contributed by atoms with Crippen molar-refractivity contribution in [2.45, 2.75) is 0 Å². The molecule has 12 aromatic rings. The molecule has 0 saturated heterocycles. The average molecular weight is 777 g/mol. The molecule has 9 aromatic carbocycles. The Morgan fingerprint density at radius 3 is 1.75 bits per heavy atom. The van der Waals surface area contributed by atoms with Crippen LogP contribution >= 0.6 is 0 Å². The molecule has 0 saturated carbocycles. The molecule has 0 atom stereocenters. The molecule has 12 rings (SSSR count). The third-order valence-electron chi connectivity index (χ3n) is 10.8. The van der Waals surface area contributed by atoms with Crippen LogP contribution < -0.4 is 0 Å². The Kier molecular flexibility index (Phi) is 5.95. The van der Waals surface area contributed by atoms with Gasteiger partial charge in [0, 0.05) is 43.6 Å². The van der Waals surface area contributed by atoms with Gasteiger partial charge in [-0.05, 0) is 87.2 Å². The summed E-state index contributed by atoms with van der Waals surface area (Å²) in [5, 5.41) is 1.54. The van der Waals surface area contributed by atoms with Crippen LogP contribution in [0.4, 0.5) is 0 Å². The number of nitrogens with zero attached hydrogens (tertiary/aromatic N) is 3. The second-order valence-electron chi connectivity index (χ2n) is 14.5. The summed E-state index contributed by atoms with van der Waals surface area (Å²) in [6, 6.07) is 43.1. The lowest BCUT2D eigenvalue weighted by Gasteiger charge is -2.11. The molecule has 3 aromatic heterocycles. The second kappa shape index (κ2) is 13.8. The molecule has 5 nitrogen and oxygen atoms in total. The molecule has 5 heteroatoms. The van der Waals surface area contributed by atoms with Crippen LogP contribution in [0.25, 0.3) is 122 Å². The smallest absolute Gasteiger partial charge is 0.164 e. The molecule has 0 unspecified atom stereocenters. The SMILES string of the molecule is [2H]c1c(-c2cccc(-c3nc(-c4cccc(-c5ccccc5)c4)nc(-c4ccc5c(c4)oc4cccc(-c6ccccc6)c45)n3)c2)c([2H])c2c(oc3c4c([2H])c([2H])c([2H])c([2H])c4c([2H])c([2H])c32)c1[2H]. The highest BCUT2D eigenvalue weighted by Crippen LogP contribution is 2.40. The Bertz CT molecular complexity index is 4140. The molecule has 0 aliphatic carbocycles. The molecule has 0 fully saturated rings. The highest BCUT2D eigenvalue weighted by atomic mass is 16.3. The first-order valence-electron chi connectivity index (χ1n) is 23.9. The largest absolute Gasteiger partial charge is 0.456 e. The Morgan fingerprint density at radius 2 is 1.00 bits per heavy atom. The van der Waals surface area contributed by atoms with E-state index in [0.29, 0.717) is 39.7 Å². The highest BCUT2D eigenvalue weighted by Gasteiger charge is 2.18. The molecule has 0 bridgehead atoms. The standard InChI is InChI=1S/C55H33N3O2/c1-3-12-34(13-4-1)37-17-9-19-40(30-37)53-56-54(58-55(57-53)42-25-28-46-50(33-42)59-49-23-11-22-43(51(46)49)35-14-5-2-6-15-35)41-20-10-18-38(31-41)39-26-29-48-47(32-39)45-27-24-36-16-7-8-21-44(36)52(45)60-48/h1-33H/i7D,8D,16D,21D,24D,26D,27D,29D,32D. The van der Waals surface area contributed by atoms with Crippen LogP contribution in [0, 0.1) is 0 Å². The van der Waals surface area contributed by atoms with E-state index < -0.39 is 42.3 Å². The molecule has 0 amide bonds. The summed E-state index contributed by atoms with van der Waals surface area (Å²) in [6.07, 6.45) is 0. The lowest BCUT2D eigenvalue weighted by atomic mass is 9.99. The topological polar surface area (TPSA) is 65.0 Å². The first-order chi connectivity index (χ1) is 33.5. The zero-order chi connectivity index (χ0) is 47.4. The van der Waals surface area contributed by atoms with E-state index in [4.69, 9.17) is 33.4 Å². The summed E-state index contributed by atoms with van der Waals surface area (Å²) in [7, 11) is 0. The number of hydrogen-bond acceptors (Lipinski definition) is 5. The van der Waals surface area contributed by atoms with Gasteiger partial charge in [0.25, 0.3) is 0 Å². The van der Waals surface area contributed by atoms with Gasteiger partial charge >= 0.3 is 0 Å². The normalized spacial score (nSPS) is 13.8. The predicted octanol–water partition coefficient (Wildman–Crippen LogP) is 14.8. The summed E-state index contributed by atoms with van der Waals surface area (Å²) in [5.74, 6) is 1.07. The van der Waals surface area contributed by atoms with E-state index in [2.05, 4.69) is 18.2 Å². The third-order valence-corrected chi connectivity index (χ3v) is 10.8. The van der Waals surface area contributed by atoms with Crippen LogP contribution in [-0.2, 0) is 0 Å². The Morgan fingerprint density at radius 1 is 0.367 bits per heavy atom. The maximum Gasteiger partial charge on any atom is 0.164 e. The van der Waals surface area contributed by atoms with Crippen LogP contribution in [0.5, 0.6) is 0 Å². The number of benzene rings is 9. The van der Waals surface area contributed by atoms with Crippen molar-refractivity contribution in [3.8, 4) is 67.5 Å². The van der Waals surface area contributed by atoms with Crippen molar-refractivity contribution >= 4 is 54.6 Å². The van der Waals surface area contributed by atoms with Gasteiger partial charge in [-0.15, -0.1) is 0 Å². The van der Waals surface area contributed by atoms with E-state index in [-0.39, 0.29) is 50.4 Å². The number of fused-ring (bicyclic) bond motifs is 8. The first kappa shape index (κ1) is 26.0. The zero-order valence-electron chi connectivity index (χ0n) is 40.5. The second-order valence-corrected chi connectivity index (χ2v) is 14.5. The molecule has 0 aliphatic heterocycles. The Balaban J connectivity index is 1.04. The van der Waals surface area contributed by atoms with Crippen molar-refractivity contribution in [2.75, 3.05) is 0 Å². The van der Waals surface area contributed by atoms with Crippen molar-refractivity contribution in [2.24, 2.45) is 0 Å². The number of hydrogen-bond donors (Lipinski definition) is 0. The summed E-state index contributed by atoms with van der Waals surface area (Å²) < 4.78 is 92.3. The van der Waals surface area contributed by atoms with E-state index in [9.17, 15) is 2.74 Å². The maximum absolute atomic E-state index is 9.58.